The number of carbonyl (C=O) groups excluding carboxylic acids is 1. The maximum atomic E-state index is 11.5. The van der Waals surface area contributed by atoms with E-state index in [9.17, 15) is 19.5 Å². The lowest BCUT2D eigenvalue weighted by Crippen LogP contribution is -2.48. The summed E-state index contributed by atoms with van der Waals surface area (Å²) in [5, 5.41) is 22.0. The van der Waals surface area contributed by atoms with E-state index in [4.69, 9.17) is 5.11 Å². The number of hydrogen-bond donors (Lipinski definition) is 4. The largest absolute Gasteiger partial charge is 0.480 e. The number of carboxylic acids is 2. The number of hydrogen-bond acceptors (Lipinski definition) is 4. The molecule has 0 saturated heterocycles. The minimum atomic E-state index is -1.19. The Labute approximate surface area is 177 Å². The molecule has 2 amide bonds. The molecule has 0 bridgehead atoms. The van der Waals surface area contributed by atoms with Crippen LogP contribution in [0, 0.1) is 0 Å². The Morgan fingerprint density at radius 1 is 0.931 bits per heavy atom. The van der Waals surface area contributed by atoms with E-state index in [2.05, 4.69) is 56.6 Å². The number of allylic oxidation sites excluding steroid dienone is 5. The summed E-state index contributed by atoms with van der Waals surface area (Å²) < 4.78 is 0. The third kappa shape index (κ3) is 16.4. The van der Waals surface area contributed by atoms with Crippen LogP contribution in [0.15, 0.2) is 34.9 Å². The van der Waals surface area contributed by atoms with Crippen molar-refractivity contribution in [2.75, 3.05) is 18.1 Å². The fourth-order valence-electron chi connectivity index (χ4n) is 2.27. The highest BCUT2D eigenvalue weighted by atomic mass is 32.2. The van der Waals surface area contributed by atoms with Gasteiger partial charge in [0.15, 0.2) is 0 Å². The van der Waals surface area contributed by atoms with Crippen LogP contribution >= 0.6 is 11.8 Å². The molecule has 0 aliphatic heterocycles. The van der Waals surface area contributed by atoms with Crippen molar-refractivity contribution in [3.63, 3.8) is 0 Å². The zero-order valence-electron chi connectivity index (χ0n) is 17.8. The number of carbonyl (C=O) groups is 3. The van der Waals surface area contributed by atoms with Crippen molar-refractivity contribution >= 4 is 29.7 Å². The summed E-state index contributed by atoms with van der Waals surface area (Å²) >= 11 is 1.40. The van der Waals surface area contributed by atoms with Crippen molar-refractivity contribution in [3.8, 4) is 0 Å². The van der Waals surface area contributed by atoms with Gasteiger partial charge in [-0.3, -0.25) is 4.79 Å². The third-order valence-corrected chi connectivity index (χ3v) is 4.93. The Morgan fingerprint density at radius 2 is 1.52 bits per heavy atom. The molecule has 4 N–H and O–H groups in total. The van der Waals surface area contributed by atoms with E-state index in [0.717, 1.165) is 25.7 Å². The van der Waals surface area contributed by atoms with E-state index in [-0.39, 0.29) is 5.75 Å². The lowest BCUT2D eigenvalue weighted by Gasteiger charge is -2.14. The van der Waals surface area contributed by atoms with Gasteiger partial charge in [0.1, 0.15) is 12.6 Å². The van der Waals surface area contributed by atoms with Gasteiger partial charge < -0.3 is 20.8 Å². The first kappa shape index (κ1) is 26.8. The molecule has 29 heavy (non-hydrogen) atoms. The molecule has 0 fully saturated rings. The zero-order chi connectivity index (χ0) is 22.2. The van der Waals surface area contributed by atoms with Crippen LogP contribution in [0.4, 0.5) is 4.79 Å². The number of thioether (sulfide) groups is 1. The third-order valence-electron chi connectivity index (χ3n) is 3.96. The van der Waals surface area contributed by atoms with Crippen molar-refractivity contribution in [2.24, 2.45) is 0 Å². The fraction of sp³-hybridized carbons (Fsp3) is 0.571. The highest BCUT2D eigenvalue weighted by Crippen LogP contribution is 2.13. The first-order valence-corrected chi connectivity index (χ1v) is 10.8. The zero-order valence-corrected chi connectivity index (χ0v) is 18.6. The summed E-state index contributed by atoms with van der Waals surface area (Å²) in [6.07, 6.45) is 10.7. The van der Waals surface area contributed by atoms with E-state index < -0.39 is 30.6 Å². The van der Waals surface area contributed by atoms with Crippen LogP contribution in [0.1, 0.15) is 53.4 Å². The highest BCUT2D eigenvalue weighted by molar-refractivity contribution is 7.99. The lowest BCUT2D eigenvalue weighted by molar-refractivity contribution is -0.138. The summed E-state index contributed by atoms with van der Waals surface area (Å²) in [7, 11) is 0. The van der Waals surface area contributed by atoms with Crippen LogP contribution in [-0.4, -0.2) is 52.3 Å². The smallest absolute Gasteiger partial charge is 0.327 e. The minimum absolute atomic E-state index is 0.197. The quantitative estimate of drug-likeness (QED) is 0.247. The molecule has 0 heterocycles. The molecule has 7 nitrogen and oxygen atoms in total. The monoisotopic (exact) mass is 426 g/mol. The summed E-state index contributed by atoms with van der Waals surface area (Å²) in [5.41, 5.74) is 3.97. The molecule has 0 saturated carbocycles. The molecule has 0 aliphatic carbocycles. The number of rotatable bonds is 14. The van der Waals surface area contributed by atoms with Gasteiger partial charge in [-0.15, -0.1) is 0 Å². The molecule has 0 aromatic carbocycles. The molecule has 0 aliphatic rings. The van der Waals surface area contributed by atoms with Crippen molar-refractivity contribution < 1.29 is 24.6 Å². The first-order valence-electron chi connectivity index (χ1n) is 9.63. The Balaban J connectivity index is 4.20. The van der Waals surface area contributed by atoms with Gasteiger partial charge >= 0.3 is 18.0 Å². The molecule has 164 valence electrons. The molecule has 0 aromatic rings. The second-order valence-corrected chi connectivity index (χ2v) is 8.18. The number of nitrogens with one attached hydrogen (secondary N) is 2. The van der Waals surface area contributed by atoms with Gasteiger partial charge in [0, 0.05) is 11.5 Å². The molecule has 1 unspecified atom stereocenters. The lowest BCUT2D eigenvalue weighted by atomic mass is 10.1. The Morgan fingerprint density at radius 3 is 2.07 bits per heavy atom. The first-order chi connectivity index (χ1) is 13.6. The summed E-state index contributed by atoms with van der Waals surface area (Å²) in [6, 6.07) is -1.88. The summed E-state index contributed by atoms with van der Waals surface area (Å²) in [5.74, 6) is -1.50. The van der Waals surface area contributed by atoms with Crippen molar-refractivity contribution in [3.05, 3.63) is 34.9 Å². The molecule has 0 spiro atoms. The number of aliphatic carboxylic acids is 2. The average Bonchev–Trinajstić information content (AvgIpc) is 2.61. The number of amides is 2. The van der Waals surface area contributed by atoms with Crippen LogP contribution in [0.5, 0.6) is 0 Å². The van der Waals surface area contributed by atoms with Crippen molar-refractivity contribution in [1.82, 2.24) is 10.6 Å². The fourth-order valence-corrected chi connectivity index (χ4v) is 3.27. The second-order valence-electron chi connectivity index (χ2n) is 7.11. The molecular weight excluding hydrogens is 392 g/mol. The molecule has 0 radical (unpaired) electrons. The average molecular weight is 427 g/mol. The van der Waals surface area contributed by atoms with E-state index >= 15 is 0 Å². The molecule has 1 atom stereocenters. The summed E-state index contributed by atoms with van der Waals surface area (Å²) in [4.78, 5) is 33.1. The van der Waals surface area contributed by atoms with Gasteiger partial charge in [-0.25, -0.2) is 9.59 Å². The van der Waals surface area contributed by atoms with Crippen LogP contribution < -0.4 is 10.6 Å². The van der Waals surface area contributed by atoms with Gasteiger partial charge in [0.2, 0.25) is 0 Å². The molecule has 8 heteroatoms. The van der Waals surface area contributed by atoms with Gasteiger partial charge in [-0.05, 0) is 53.4 Å². The van der Waals surface area contributed by atoms with Crippen LogP contribution in [-0.2, 0) is 9.59 Å². The van der Waals surface area contributed by atoms with Gasteiger partial charge in [-0.2, -0.15) is 11.8 Å². The van der Waals surface area contributed by atoms with E-state index in [0.29, 0.717) is 5.75 Å². The topological polar surface area (TPSA) is 116 Å². The normalized spacial score (nSPS) is 12.8. The second kappa shape index (κ2) is 15.7. The van der Waals surface area contributed by atoms with Crippen LogP contribution in [0.25, 0.3) is 0 Å². The van der Waals surface area contributed by atoms with Gasteiger partial charge in [-0.1, -0.05) is 34.9 Å². The number of urea groups is 1. The van der Waals surface area contributed by atoms with E-state index in [1.165, 1.54) is 28.5 Å². The molecule has 0 aromatic heterocycles. The van der Waals surface area contributed by atoms with Crippen molar-refractivity contribution in [1.29, 1.82) is 0 Å². The number of carboxylic acid groups (broad SMARTS) is 2. The highest BCUT2D eigenvalue weighted by Gasteiger charge is 2.19. The van der Waals surface area contributed by atoms with Gasteiger partial charge in [0.25, 0.3) is 0 Å². The van der Waals surface area contributed by atoms with Crippen molar-refractivity contribution in [2.45, 2.75) is 59.4 Å². The van der Waals surface area contributed by atoms with E-state index in [1.807, 2.05) is 0 Å². The Kier molecular flexibility index (Phi) is 14.5. The summed E-state index contributed by atoms with van der Waals surface area (Å²) in [6.45, 7) is 7.86. The van der Waals surface area contributed by atoms with Gasteiger partial charge in [0.05, 0.1) is 0 Å². The SMILES string of the molecule is CC(C)=CCCC(C)=CCCC(C)=CCSCC(NC(=O)NCC(=O)O)C(=O)O. The molecular formula is C21H34N2O5S. The van der Waals surface area contributed by atoms with Crippen LogP contribution in [0.2, 0.25) is 0 Å². The predicted molar refractivity (Wildman–Crippen MR) is 118 cm³/mol. The maximum absolute atomic E-state index is 11.5. The van der Waals surface area contributed by atoms with Crippen LogP contribution in [0.3, 0.4) is 0 Å². The van der Waals surface area contributed by atoms with E-state index in [1.54, 1.807) is 0 Å². The minimum Gasteiger partial charge on any atom is -0.480 e. The Hall–Kier alpha value is -2.22. The Bertz CT molecular complexity index is 637. The standard InChI is InChI=1S/C21H34N2O5S/c1-15(2)7-5-8-16(3)9-6-10-17(4)11-12-29-14-18(20(26)27)23-21(28)22-13-19(24)25/h7,9,11,18H,5-6,8,10,12-14H2,1-4H3,(H,24,25)(H,26,27)(H2,22,23,28). The predicted octanol–water partition coefficient (Wildman–Crippen LogP) is 3.98. The maximum Gasteiger partial charge on any atom is 0.327 e. The molecule has 0 rings (SSSR count).